The number of ether oxygens (including phenoxy) is 1. The Labute approximate surface area is 184 Å². The van der Waals surface area contributed by atoms with Gasteiger partial charge in [-0.3, -0.25) is 0 Å². The van der Waals surface area contributed by atoms with E-state index in [9.17, 15) is 8.78 Å². The van der Waals surface area contributed by atoms with Gasteiger partial charge in [0.1, 0.15) is 6.61 Å². The average molecular weight is 423 g/mol. The molecule has 2 aliphatic rings. The third kappa shape index (κ3) is 4.92. The summed E-state index contributed by atoms with van der Waals surface area (Å²) >= 11 is 0. The summed E-state index contributed by atoms with van der Waals surface area (Å²) in [7, 11) is 0. The van der Waals surface area contributed by atoms with Gasteiger partial charge in [0.05, 0.1) is 0 Å². The van der Waals surface area contributed by atoms with Crippen LogP contribution in [0.5, 0.6) is 5.75 Å². The summed E-state index contributed by atoms with van der Waals surface area (Å²) in [5.74, 6) is 1.36. The number of hydrogen-bond acceptors (Lipinski definition) is 1. The quantitative estimate of drug-likeness (QED) is 0.428. The van der Waals surface area contributed by atoms with Crippen LogP contribution in [0.25, 0.3) is 11.1 Å². The van der Waals surface area contributed by atoms with Crippen molar-refractivity contribution in [2.45, 2.75) is 51.4 Å². The number of benzene rings is 2. The SMILES string of the molecule is C=CCOc1c(F)cc(-c2ccc(C3CCC4CC(/C=C/C)CCC4C3)cc2)cc1F. The largest absolute Gasteiger partial charge is 0.483 e. The molecule has 4 unspecified atom stereocenters. The maximum Gasteiger partial charge on any atom is 0.191 e. The minimum atomic E-state index is -0.687. The molecule has 2 saturated carbocycles. The van der Waals surface area contributed by atoms with E-state index in [2.05, 4.69) is 37.8 Å². The van der Waals surface area contributed by atoms with Crippen LogP contribution in [-0.4, -0.2) is 6.61 Å². The summed E-state index contributed by atoms with van der Waals surface area (Å²) in [6.45, 7) is 5.70. The van der Waals surface area contributed by atoms with Gasteiger partial charge in [-0.05, 0) is 97.9 Å². The highest BCUT2D eigenvalue weighted by Crippen LogP contribution is 2.48. The van der Waals surface area contributed by atoms with Gasteiger partial charge in [-0.25, -0.2) is 8.78 Å². The predicted molar refractivity (Wildman–Crippen MR) is 123 cm³/mol. The van der Waals surface area contributed by atoms with E-state index < -0.39 is 11.6 Å². The molecule has 4 rings (SSSR count). The second-order valence-corrected chi connectivity index (χ2v) is 9.12. The van der Waals surface area contributed by atoms with Gasteiger partial charge in [0, 0.05) is 0 Å². The molecule has 164 valence electrons. The molecule has 0 aromatic heterocycles. The molecular formula is C28H32F2O. The molecule has 3 heteroatoms. The standard InChI is InChI=1S/C28H32F2O/c1-3-5-19-6-7-24-16-23(13-12-22(24)15-19)20-8-10-21(11-9-20)25-17-26(29)28(27(30)18-25)31-14-4-2/h3-5,8-11,17-19,22-24H,2,6-7,12-16H2,1H3/b5-3+. The minimum Gasteiger partial charge on any atom is -0.483 e. The number of rotatable bonds is 6. The van der Waals surface area contributed by atoms with E-state index in [0.29, 0.717) is 11.5 Å². The number of hydrogen-bond donors (Lipinski definition) is 0. The summed E-state index contributed by atoms with van der Waals surface area (Å²) in [5.41, 5.74) is 2.69. The van der Waals surface area contributed by atoms with Crippen LogP contribution >= 0.6 is 0 Å². The van der Waals surface area contributed by atoms with Crippen LogP contribution in [0.3, 0.4) is 0 Å². The zero-order valence-electron chi connectivity index (χ0n) is 18.3. The van der Waals surface area contributed by atoms with Crippen LogP contribution < -0.4 is 4.74 Å². The van der Waals surface area contributed by atoms with Gasteiger partial charge < -0.3 is 4.74 Å². The first kappa shape index (κ1) is 21.8. The molecule has 0 aliphatic heterocycles. The van der Waals surface area contributed by atoms with E-state index >= 15 is 0 Å². The Morgan fingerprint density at radius 1 is 0.935 bits per heavy atom. The van der Waals surface area contributed by atoms with Crippen molar-refractivity contribution in [3.63, 3.8) is 0 Å². The molecular weight excluding hydrogens is 390 g/mol. The smallest absolute Gasteiger partial charge is 0.191 e. The number of allylic oxidation sites excluding steroid dienone is 2. The molecule has 0 heterocycles. The molecule has 31 heavy (non-hydrogen) atoms. The van der Waals surface area contributed by atoms with Gasteiger partial charge in [0.2, 0.25) is 0 Å². The molecule has 0 saturated heterocycles. The van der Waals surface area contributed by atoms with Gasteiger partial charge in [-0.2, -0.15) is 0 Å². The lowest BCUT2D eigenvalue weighted by molar-refractivity contribution is 0.133. The molecule has 4 atom stereocenters. The lowest BCUT2D eigenvalue weighted by atomic mass is 9.64. The molecule has 2 aromatic rings. The van der Waals surface area contributed by atoms with E-state index in [1.807, 2.05) is 12.1 Å². The first-order chi connectivity index (χ1) is 15.1. The van der Waals surface area contributed by atoms with Crippen molar-refractivity contribution in [3.8, 4) is 16.9 Å². The zero-order valence-corrected chi connectivity index (χ0v) is 18.3. The molecule has 0 bridgehead atoms. The fourth-order valence-corrected chi connectivity index (χ4v) is 5.63. The van der Waals surface area contributed by atoms with Crippen LogP contribution in [-0.2, 0) is 0 Å². The first-order valence-corrected chi connectivity index (χ1v) is 11.5. The highest BCUT2D eigenvalue weighted by Gasteiger charge is 2.35. The van der Waals surface area contributed by atoms with Gasteiger partial charge >= 0.3 is 0 Å². The average Bonchev–Trinajstić information content (AvgIpc) is 2.78. The Morgan fingerprint density at radius 3 is 2.29 bits per heavy atom. The minimum absolute atomic E-state index is 0.0705. The van der Waals surface area contributed by atoms with Crippen LogP contribution in [0.2, 0.25) is 0 Å². The van der Waals surface area contributed by atoms with Gasteiger partial charge in [0.15, 0.2) is 17.4 Å². The second-order valence-electron chi connectivity index (χ2n) is 9.12. The fraction of sp³-hybridized carbons (Fsp3) is 0.429. The van der Waals surface area contributed by atoms with E-state index in [0.717, 1.165) is 23.3 Å². The van der Waals surface area contributed by atoms with Gasteiger partial charge in [0.25, 0.3) is 0 Å². The summed E-state index contributed by atoms with van der Waals surface area (Å²) in [5, 5.41) is 0. The van der Waals surface area contributed by atoms with Crippen molar-refractivity contribution in [3.05, 3.63) is 78.4 Å². The van der Waals surface area contributed by atoms with Gasteiger partial charge in [-0.15, -0.1) is 0 Å². The Bertz CT molecular complexity index is 908. The normalized spacial score (nSPS) is 25.9. The van der Waals surface area contributed by atoms with Crippen LogP contribution in [0.1, 0.15) is 56.9 Å². The lowest BCUT2D eigenvalue weighted by Gasteiger charge is -2.41. The molecule has 2 aliphatic carbocycles. The first-order valence-electron chi connectivity index (χ1n) is 11.5. The number of halogens is 2. The fourth-order valence-electron chi connectivity index (χ4n) is 5.63. The van der Waals surface area contributed by atoms with E-state index in [-0.39, 0.29) is 12.4 Å². The molecule has 2 aromatic carbocycles. The van der Waals surface area contributed by atoms with Crippen molar-refractivity contribution in [1.29, 1.82) is 0 Å². The van der Waals surface area contributed by atoms with E-state index in [4.69, 9.17) is 4.74 Å². The van der Waals surface area contributed by atoms with Gasteiger partial charge in [-0.1, -0.05) is 49.1 Å². The zero-order chi connectivity index (χ0) is 21.8. The molecule has 0 N–H and O–H groups in total. The molecule has 0 spiro atoms. The molecule has 0 amide bonds. The maximum atomic E-state index is 14.3. The summed E-state index contributed by atoms with van der Waals surface area (Å²) in [6.07, 6.45) is 13.9. The predicted octanol–water partition coefficient (Wildman–Crippen LogP) is 8.07. The third-order valence-corrected chi connectivity index (χ3v) is 7.18. The second kappa shape index (κ2) is 9.80. The molecule has 0 radical (unpaired) electrons. The van der Waals surface area contributed by atoms with E-state index in [1.54, 1.807) is 0 Å². The highest BCUT2D eigenvalue weighted by molar-refractivity contribution is 5.65. The topological polar surface area (TPSA) is 9.23 Å². The monoisotopic (exact) mass is 422 g/mol. The van der Waals surface area contributed by atoms with Crippen molar-refractivity contribution < 1.29 is 13.5 Å². The Kier molecular flexibility index (Phi) is 6.89. The van der Waals surface area contributed by atoms with Crippen LogP contribution in [0, 0.1) is 29.4 Å². The van der Waals surface area contributed by atoms with Crippen molar-refractivity contribution in [1.82, 2.24) is 0 Å². The third-order valence-electron chi connectivity index (χ3n) is 7.18. The summed E-state index contributed by atoms with van der Waals surface area (Å²) in [6, 6.07) is 10.9. The van der Waals surface area contributed by atoms with Crippen molar-refractivity contribution >= 4 is 0 Å². The van der Waals surface area contributed by atoms with Crippen molar-refractivity contribution in [2.24, 2.45) is 17.8 Å². The lowest BCUT2D eigenvalue weighted by Crippen LogP contribution is -2.30. The Hall–Kier alpha value is -2.42. The summed E-state index contributed by atoms with van der Waals surface area (Å²) in [4.78, 5) is 0. The summed E-state index contributed by atoms with van der Waals surface area (Å²) < 4.78 is 33.7. The van der Waals surface area contributed by atoms with E-state index in [1.165, 1.54) is 62.3 Å². The van der Waals surface area contributed by atoms with Crippen molar-refractivity contribution in [2.75, 3.05) is 6.61 Å². The maximum absolute atomic E-state index is 14.3. The molecule has 2 fully saturated rings. The Morgan fingerprint density at radius 2 is 1.61 bits per heavy atom. The molecule has 1 nitrogen and oxygen atoms in total. The Balaban J connectivity index is 1.44. The highest BCUT2D eigenvalue weighted by atomic mass is 19.1. The van der Waals surface area contributed by atoms with Crippen LogP contribution in [0.15, 0.2) is 61.2 Å². The van der Waals surface area contributed by atoms with Crippen LogP contribution in [0.4, 0.5) is 8.78 Å². The number of fused-ring (bicyclic) bond motifs is 1.